The maximum absolute atomic E-state index is 12.1. The molecule has 0 saturated heterocycles. The summed E-state index contributed by atoms with van der Waals surface area (Å²) in [6, 6.07) is 7.03. The van der Waals surface area contributed by atoms with Gasteiger partial charge in [-0.1, -0.05) is 44.0 Å². The van der Waals surface area contributed by atoms with Gasteiger partial charge >= 0.3 is 0 Å². The Hall–Kier alpha value is -0.910. The molecule has 21 heavy (non-hydrogen) atoms. The van der Waals surface area contributed by atoms with E-state index in [2.05, 4.69) is 11.6 Å². The van der Waals surface area contributed by atoms with Crippen LogP contribution in [-0.2, 0) is 22.4 Å². The number of nitrogens with one attached hydrogen (secondary N) is 1. The van der Waals surface area contributed by atoms with E-state index in [1.807, 2.05) is 0 Å². The molecule has 0 aliphatic heterocycles. The van der Waals surface area contributed by atoms with E-state index in [1.165, 1.54) is 12.8 Å². The first-order valence-corrected chi connectivity index (χ1v) is 9.30. The Labute approximate surface area is 127 Å². The Morgan fingerprint density at radius 2 is 1.86 bits per heavy atom. The minimum absolute atomic E-state index is 0.000974. The van der Waals surface area contributed by atoms with Crippen LogP contribution in [0, 0.1) is 11.8 Å². The molecule has 1 fully saturated rings. The molecule has 0 bridgehead atoms. The third-order valence-electron chi connectivity index (χ3n) is 4.20. The minimum Gasteiger partial charge on any atom is -0.392 e. The van der Waals surface area contributed by atoms with E-state index >= 15 is 0 Å². The lowest BCUT2D eigenvalue weighted by molar-refractivity contribution is 0.282. The second kappa shape index (κ2) is 7.38. The largest absolute Gasteiger partial charge is 0.392 e. The second-order valence-corrected chi connectivity index (χ2v) is 8.03. The molecule has 1 aliphatic carbocycles. The predicted molar refractivity (Wildman–Crippen MR) is 84.1 cm³/mol. The quantitative estimate of drug-likeness (QED) is 0.848. The fraction of sp³-hybridized carbons (Fsp3) is 0.625. The van der Waals surface area contributed by atoms with Gasteiger partial charge in [0.25, 0.3) is 0 Å². The maximum atomic E-state index is 12.1. The number of aliphatic hydroxyl groups is 1. The zero-order valence-electron chi connectivity index (χ0n) is 12.6. The lowest BCUT2D eigenvalue weighted by Crippen LogP contribution is -2.32. The molecule has 2 N–H and O–H groups in total. The zero-order chi connectivity index (χ0) is 15.3. The van der Waals surface area contributed by atoms with Crippen LogP contribution in [0.1, 0.15) is 43.7 Å². The molecular formula is C16H25NO3S. The number of hydrogen-bond donors (Lipinski definition) is 2. The lowest BCUT2D eigenvalue weighted by Gasteiger charge is -2.26. The van der Waals surface area contributed by atoms with E-state index < -0.39 is 10.0 Å². The van der Waals surface area contributed by atoms with Crippen LogP contribution in [0.3, 0.4) is 0 Å². The Balaban J connectivity index is 1.86. The molecular weight excluding hydrogens is 286 g/mol. The van der Waals surface area contributed by atoms with Crippen molar-refractivity contribution in [3.63, 3.8) is 0 Å². The highest BCUT2D eigenvalue weighted by molar-refractivity contribution is 7.88. The first-order chi connectivity index (χ1) is 9.98. The average Bonchev–Trinajstić information content (AvgIpc) is 2.46. The van der Waals surface area contributed by atoms with Gasteiger partial charge in [-0.25, -0.2) is 13.1 Å². The SMILES string of the molecule is CC1CCCC(CNS(=O)(=O)Cc2ccc(CO)cc2)C1. The standard InChI is InChI=1S/C16H25NO3S/c1-13-3-2-4-16(9-13)10-17-21(19,20)12-15-7-5-14(11-18)6-8-15/h5-8,13,16-18H,2-4,9-12H2,1H3. The van der Waals surface area contributed by atoms with Crippen molar-refractivity contribution in [2.45, 2.75) is 45.0 Å². The van der Waals surface area contributed by atoms with Crippen LogP contribution in [0.5, 0.6) is 0 Å². The summed E-state index contributed by atoms with van der Waals surface area (Å²) >= 11 is 0. The van der Waals surface area contributed by atoms with E-state index in [9.17, 15) is 8.42 Å². The fourth-order valence-corrected chi connectivity index (χ4v) is 4.22. The topological polar surface area (TPSA) is 66.4 Å². The Morgan fingerprint density at radius 1 is 1.19 bits per heavy atom. The number of aliphatic hydroxyl groups excluding tert-OH is 1. The molecule has 2 atom stereocenters. The minimum atomic E-state index is -3.28. The molecule has 1 aromatic rings. The molecule has 0 amide bonds. The highest BCUT2D eigenvalue weighted by atomic mass is 32.2. The van der Waals surface area contributed by atoms with Crippen molar-refractivity contribution in [1.29, 1.82) is 0 Å². The van der Waals surface area contributed by atoms with Gasteiger partial charge in [0.1, 0.15) is 0 Å². The Kier molecular flexibility index (Phi) is 5.79. The molecule has 0 spiro atoms. The van der Waals surface area contributed by atoms with Crippen LogP contribution in [0.15, 0.2) is 24.3 Å². The Morgan fingerprint density at radius 3 is 2.48 bits per heavy atom. The molecule has 1 saturated carbocycles. The molecule has 1 aromatic carbocycles. The Bertz CT molecular complexity index is 539. The van der Waals surface area contributed by atoms with Gasteiger partial charge in [-0.15, -0.1) is 0 Å². The normalized spacial score (nSPS) is 23.1. The number of sulfonamides is 1. The maximum Gasteiger partial charge on any atom is 0.215 e. The zero-order valence-corrected chi connectivity index (χ0v) is 13.4. The van der Waals surface area contributed by atoms with Crippen molar-refractivity contribution in [2.75, 3.05) is 6.54 Å². The first-order valence-electron chi connectivity index (χ1n) is 7.64. The lowest BCUT2D eigenvalue weighted by atomic mass is 9.83. The third-order valence-corrected chi connectivity index (χ3v) is 5.52. The second-order valence-electron chi connectivity index (χ2n) is 6.22. The van der Waals surface area contributed by atoms with Crippen LogP contribution in [-0.4, -0.2) is 20.1 Å². The van der Waals surface area contributed by atoms with E-state index in [1.54, 1.807) is 24.3 Å². The molecule has 0 aromatic heterocycles. The molecule has 1 aliphatic rings. The summed E-state index contributed by atoms with van der Waals surface area (Å²) < 4.78 is 27.0. The molecule has 0 heterocycles. The summed E-state index contributed by atoms with van der Waals surface area (Å²) in [4.78, 5) is 0. The molecule has 4 nitrogen and oxygen atoms in total. The summed E-state index contributed by atoms with van der Waals surface area (Å²) in [6.07, 6.45) is 4.71. The van der Waals surface area contributed by atoms with Gasteiger partial charge in [0.15, 0.2) is 0 Å². The van der Waals surface area contributed by atoms with Crippen LogP contribution < -0.4 is 4.72 Å². The van der Waals surface area contributed by atoms with E-state index in [-0.39, 0.29) is 12.4 Å². The monoisotopic (exact) mass is 311 g/mol. The van der Waals surface area contributed by atoms with E-state index in [0.29, 0.717) is 18.4 Å². The van der Waals surface area contributed by atoms with Gasteiger partial charge in [-0.05, 0) is 35.8 Å². The summed E-state index contributed by atoms with van der Waals surface area (Å²) in [5.41, 5.74) is 1.54. The molecule has 118 valence electrons. The van der Waals surface area contributed by atoms with Gasteiger partial charge in [0, 0.05) is 6.54 Å². The van der Waals surface area contributed by atoms with Gasteiger partial charge in [-0.2, -0.15) is 0 Å². The van der Waals surface area contributed by atoms with Crippen LogP contribution in [0.4, 0.5) is 0 Å². The van der Waals surface area contributed by atoms with Crippen molar-refractivity contribution in [1.82, 2.24) is 4.72 Å². The van der Waals surface area contributed by atoms with Crippen molar-refractivity contribution in [2.24, 2.45) is 11.8 Å². The number of hydrogen-bond acceptors (Lipinski definition) is 3. The highest BCUT2D eigenvalue weighted by Gasteiger charge is 2.21. The summed E-state index contributed by atoms with van der Waals surface area (Å²) in [5.74, 6) is 1.18. The van der Waals surface area contributed by atoms with Crippen LogP contribution >= 0.6 is 0 Å². The van der Waals surface area contributed by atoms with Crippen molar-refractivity contribution >= 4 is 10.0 Å². The highest BCUT2D eigenvalue weighted by Crippen LogP contribution is 2.28. The van der Waals surface area contributed by atoms with Gasteiger partial charge < -0.3 is 5.11 Å². The van der Waals surface area contributed by atoms with Crippen molar-refractivity contribution in [3.8, 4) is 0 Å². The van der Waals surface area contributed by atoms with Gasteiger partial charge in [0.2, 0.25) is 10.0 Å². The first kappa shape index (κ1) is 16.5. The smallest absolute Gasteiger partial charge is 0.215 e. The third kappa shape index (κ3) is 5.41. The molecule has 2 unspecified atom stereocenters. The van der Waals surface area contributed by atoms with Crippen molar-refractivity contribution in [3.05, 3.63) is 35.4 Å². The molecule has 2 rings (SSSR count). The van der Waals surface area contributed by atoms with Gasteiger partial charge in [0.05, 0.1) is 12.4 Å². The van der Waals surface area contributed by atoms with E-state index in [0.717, 1.165) is 24.0 Å². The number of rotatable bonds is 6. The van der Waals surface area contributed by atoms with Crippen molar-refractivity contribution < 1.29 is 13.5 Å². The summed E-state index contributed by atoms with van der Waals surface area (Å²) in [7, 11) is -3.28. The molecule has 5 heteroatoms. The van der Waals surface area contributed by atoms with Crippen LogP contribution in [0.25, 0.3) is 0 Å². The summed E-state index contributed by atoms with van der Waals surface area (Å²) in [5, 5.41) is 8.98. The van der Waals surface area contributed by atoms with Gasteiger partial charge in [-0.3, -0.25) is 0 Å². The number of benzene rings is 1. The predicted octanol–water partition coefficient (Wildman–Crippen LogP) is 2.42. The fourth-order valence-electron chi connectivity index (χ4n) is 3.00. The van der Waals surface area contributed by atoms with E-state index in [4.69, 9.17) is 5.11 Å². The summed E-state index contributed by atoms with van der Waals surface area (Å²) in [6.45, 7) is 2.77. The average molecular weight is 311 g/mol. The molecule has 0 radical (unpaired) electrons. The van der Waals surface area contributed by atoms with Crippen LogP contribution in [0.2, 0.25) is 0 Å².